The highest BCUT2D eigenvalue weighted by Gasteiger charge is 2.26. The van der Waals surface area contributed by atoms with Crippen LogP contribution >= 0.6 is 0 Å². The second-order valence-electron chi connectivity index (χ2n) is 7.40. The Hall–Kier alpha value is -2.44. The molecule has 1 fully saturated rings. The Balaban J connectivity index is 1.60. The molecule has 7 nitrogen and oxygen atoms in total. The van der Waals surface area contributed by atoms with Crippen LogP contribution < -0.4 is 5.69 Å². The first-order chi connectivity index (χ1) is 13.0. The number of imidazole rings is 1. The average molecular weight is 371 g/mol. The number of hydrogen-bond acceptors (Lipinski definition) is 4. The Bertz CT molecular complexity index is 846. The van der Waals surface area contributed by atoms with Gasteiger partial charge in [-0.05, 0) is 39.2 Å². The number of hydrogen-bond donors (Lipinski definition) is 0. The molecule has 1 aliphatic heterocycles. The maximum atomic E-state index is 12.7. The van der Waals surface area contributed by atoms with Crippen LogP contribution in [-0.4, -0.2) is 43.0 Å². The van der Waals surface area contributed by atoms with E-state index in [0.29, 0.717) is 24.7 Å². The fraction of sp³-hybridized carbons (Fsp3) is 0.600. The van der Waals surface area contributed by atoms with Crippen molar-refractivity contribution in [1.82, 2.24) is 24.0 Å². The number of piperidine rings is 1. The molecule has 1 saturated heterocycles. The van der Waals surface area contributed by atoms with Crippen LogP contribution in [0, 0.1) is 13.8 Å². The van der Waals surface area contributed by atoms with Crippen LogP contribution in [0.25, 0.3) is 0 Å². The minimum atomic E-state index is -0.353. The van der Waals surface area contributed by atoms with Crippen molar-refractivity contribution in [3.05, 3.63) is 46.2 Å². The summed E-state index contributed by atoms with van der Waals surface area (Å²) in [4.78, 5) is 35.1. The van der Waals surface area contributed by atoms with Crippen molar-refractivity contribution < 1.29 is 4.79 Å². The zero-order chi connectivity index (χ0) is 19.4. The van der Waals surface area contributed by atoms with Crippen LogP contribution in [0.2, 0.25) is 0 Å². The molecule has 27 heavy (non-hydrogen) atoms. The lowest BCUT2D eigenvalue weighted by Crippen LogP contribution is -2.42. The maximum Gasteiger partial charge on any atom is 0.348 e. The van der Waals surface area contributed by atoms with Gasteiger partial charge in [-0.15, -0.1) is 0 Å². The molecule has 3 rings (SSSR count). The van der Waals surface area contributed by atoms with Gasteiger partial charge in [0.25, 0.3) is 0 Å². The molecule has 0 radical (unpaired) electrons. The van der Waals surface area contributed by atoms with Gasteiger partial charge in [0.15, 0.2) is 0 Å². The zero-order valence-electron chi connectivity index (χ0n) is 16.5. The number of aromatic nitrogens is 4. The summed E-state index contributed by atoms with van der Waals surface area (Å²) in [7, 11) is 0. The molecule has 0 saturated carbocycles. The summed E-state index contributed by atoms with van der Waals surface area (Å²) >= 11 is 0. The van der Waals surface area contributed by atoms with E-state index in [-0.39, 0.29) is 18.1 Å². The number of unbranched alkanes of at least 4 members (excludes halogenated alkanes) is 1. The van der Waals surface area contributed by atoms with Crippen LogP contribution in [0.5, 0.6) is 0 Å². The van der Waals surface area contributed by atoms with Crippen molar-refractivity contribution in [2.45, 2.75) is 65.5 Å². The number of aryl methyl sites for hydroxylation is 3. The summed E-state index contributed by atoms with van der Waals surface area (Å²) in [6.45, 7) is 8.30. The molecule has 0 N–H and O–H groups in total. The van der Waals surface area contributed by atoms with Gasteiger partial charge < -0.3 is 9.47 Å². The van der Waals surface area contributed by atoms with Gasteiger partial charge in [0.05, 0.1) is 0 Å². The standard InChI is InChI=1S/C20H29N5O2/c1-4-5-9-24-12-8-21-19(24)17-6-10-23(11-7-17)18(26)14-25-16(3)13-15(2)22-20(25)27/h8,12-13,17H,4-7,9-11,14H2,1-3H3. The lowest BCUT2D eigenvalue weighted by Gasteiger charge is -2.32. The summed E-state index contributed by atoms with van der Waals surface area (Å²) in [5, 5.41) is 0. The topological polar surface area (TPSA) is 73.0 Å². The molecule has 0 bridgehead atoms. The first-order valence-corrected chi connectivity index (χ1v) is 9.83. The largest absolute Gasteiger partial charge is 0.348 e. The van der Waals surface area contributed by atoms with Crippen LogP contribution in [0.1, 0.15) is 55.7 Å². The van der Waals surface area contributed by atoms with E-state index in [4.69, 9.17) is 0 Å². The van der Waals surface area contributed by atoms with Crippen molar-refractivity contribution >= 4 is 5.91 Å². The summed E-state index contributed by atoms with van der Waals surface area (Å²) < 4.78 is 3.71. The fourth-order valence-electron chi connectivity index (χ4n) is 3.79. The van der Waals surface area contributed by atoms with E-state index in [9.17, 15) is 9.59 Å². The summed E-state index contributed by atoms with van der Waals surface area (Å²) in [5.74, 6) is 1.52. The minimum Gasteiger partial charge on any atom is -0.341 e. The highest BCUT2D eigenvalue weighted by molar-refractivity contribution is 5.76. The van der Waals surface area contributed by atoms with Crippen molar-refractivity contribution in [2.75, 3.05) is 13.1 Å². The molecular weight excluding hydrogens is 342 g/mol. The molecule has 0 atom stereocenters. The molecule has 146 valence electrons. The van der Waals surface area contributed by atoms with E-state index in [1.807, 2.05) is 24.1 Å². The van der Waals surface area contributed by atoms with Crippen molar-refractivity contribution in [3.8, 4) is 0 Å². The third-order valence-corrected chi connectivity index (χ3v) is 5.35. The second kappa shape index (κ2) is 8.50. The van der Waals surface area contributed by atoms with Crippen LogP contribution in [0.3, 0.4) is 0 Å². The Labute approximate surface area is 160 Å². The van der Waals surface area contributed by atoms with Crippen molar-refractivity contribution in [1.29, 1.82) is 0 Å². The summed E-state index contributed by atoms with van der Waals surface area (Å²) in [5.41, 5.74) is 1.10. The van der Waals surface area contributed by atoms with Crippen molar-refractivity contribution in [3.63, 3.8) is 0 Å². The van der Waals surface area contributed by atoms with E-state index in [1.165, 1.54) is 4.57 Å². The van der Waals surface area contributed by atoms with Gasteiger partial charge in [-0.25, -0.2) is 9.78 Å². The number of nitrogens with zero attached hydrogens (tertiary/aromatic N) is 5. The first-order valence-electron chi connectivity index (χ1n) is 9.83. The van der Waals surface area contributed by atoms with Crippen LogP contribution in [0.15, 0.2) is 23.3 Å². The van der Waals surface area contributed by atoms with E-state index in [0.717, 1.165) is 43.7 Å². The Morgan fingerprint density at radius 2 is 2.00 bits per heavy atom. The van der Waals surface area contributed by atoms with Gasteiger partial charge >= 0.3 is 5.69 Å². The number of likely N-dealkylation sites (tertiary alicyclic amines) is 1. The molecular formula is C20H29N5O2. The quantitative estimate of drug-likeness (QED) is 0.781. The molecule has 0 spiro atoms. The molecule has 1 amide bonds. The first kappa shape index (κ1) is 19.3. The molecule has 2 aromatic heterocycles. The predicted molar refractivity (Wildman–Crippen MR) is 104 cm³/mol. The third-order valence-electron chi connectivity index (χ3n) is 5.35. The number of amides is 1. The highest BCUT2D eigenvalue weighted by atomic mass is 16.2. The smallest absolute Gasteiger partial charge is 0.341 e. The SMILES string of the molecule is CCCCn1ccnc1C1CCN(C(=O)Cn2c(C)cc(C)nc2=O)CC1. The number of rotatable bonds is 6. The van der Waals surface area contributed by atoms with E-state index < -0.39 is 0 Å². The number of carbonyl (C=O) groups is 1. The van der Waals surface area contributed by atoms with Crippen LogP contribution in [0.4, 0.5) is 0 Å². The molecule has 0 aromatic carbocycles. The Morgan fingerprint density at radius 1 is 1.26 bits per heavy atom. The predicted octanol–water partition coefficient (Wildman–Crippen LogP) is 2.26. The van der Waals surface area contributed by atoms with Gasteiger partial charge in [0, 0.05) is 49.3 Å². The summed E-state index contributed by atoms with van der Waals surface area (Å²) in [6.07, 6.45) is 8.07. The lowest BCUT2D eigenvalue weighted by molar-refractivity contribution is -0.133. The monoisotopic (exact) mass is 371 g/mol. The van der Waals surface area contributed by atoms with Gasteiger partial charge in [0.2, 0.25) is 5.91 Å². The molecule has 2 aromatic rings. The normalized spacial score (nSPS) is 15.3. The minimum absolute atomic E-state index is 0.0152. The average Bonchev–Trinajstić information content (AvgIpc) is 3.11. The van der Waals surface area contributed by atoms with E-state index in [2.05, 4.69) is 27.7 Å². The molecule has 0 unspecified atom stereocenters. The zero-order valence-corrected chi connectivity index (χ0v) is 16.5. The van der Waals surface area contributed by atoms with E-state index in [1.54, 1.807) is 6.92 Å². The molecule has 3 heterocycles. The third kappa shape index (κ3) is 4.46. The Morgan fingerprint density at radius 3 is 2.67 bits per heavy atom. The van der Waals surface area contributed by atoms with Gasteiger partial charge in [-0.3, -0.25) is 9.36 Å². The van der Waals surface area contributed by atoms with E-state index >= 15 is 0 Å². The van der Waals surface area contributed by atoms with Gasteiger partial charge in [-0.1, -0.05) is 13.3 Å². The number of carbonyl (C=O) groups excluding carboxylic acids is 1. The highest BCUT2D eigenvalue weighted by Crippen LogP contribution is 2.27. The molecule has 7 heteroatoms. The second-order valence-corrected chi connectivity index (χ2v) is 7.40. The fourth-order valence-corrected chi connectivity index (χ4v) is 3.79. The van der Waals surface area contributed by atoms with Gasteiger partial charge in [-0.2, -0.15) is 4.98 Å². The summed E-state index contributed by atoms with van der Waals surface area (Å²) in [6, 6.07) is 1.83. The lowest BCUT2D eigenvalue weighted by atomic mass is 9.95. The molecule has 0 aliphatic carbocycles. The van der Waals surface area contributed by atoms with Crippen molar-refractivity contribution in [2.24, 2.45) is 0 Å². The van der Waals surface area contributed by atoms with Crippen LogP contribution in [-0.2, 0) is 17.9 Å². The Kier molecular flexibility index (Phi) is 6.08. The maximum absolute atomic E-state index is 12.7. The molecule has 1 aliphatic rings. The van der Waals surface area contributed by atoms with Gasteiger partial charge in [0.1, 0.15) is 12.4 Å².